The van der Waals surface area contributed by atoms with Gasteiger partial charge >= 0.3 is 8.80 Å². The van der Waals surface area contributed by atoms with Gasteiger partial charge in [0, 0.05) is 20.3 Å². The Balaban J connectivity index is 2.48. The van der Waals surface area contributed by atoms with Gasteiger partial charge in [-0.3, -0.25) is 0 Å². The van der Waals surface area contributed by atoms with Gasteiger partial charge in [-0.05, 0) is 12.0 Å². The zero-order valence-electron chi connectivity index (χ0n) is 8.56. The van der Waals surface area contributed by atoms with Crippen molar-refractivity contribution in [3.05, 3.63) is 35.9 Å². The molecule has 0 saturated carbocycles. The highest BCUT2D eigenvalue weighted by Gasteiger charge is 2.33. The smallest absolute Gasteiger partial charge is 0.390 e. The van der Waals surface area contributed by atoms with Crippen LogP contribution in [0.1, 0.15) is 5.56 Å². The van der Waals surface area contributed by atoms with Crippen molar-refractivity contribution in [2.75, 3.05) is 14.2 Å². The molecule has 0 spiro atoms. The van der Waals surface area contributed by atoms with Crippen molar-refractivity contribution in [2.24, 2.45) is 0 Å². The molecule has 3 nitrogen and oxygen atoms in total. The molecule has 0 unspecified atom stereocenters. The third kappa shape index (κ3) is 3.23. The lowest BCUT2D eigenvalue weighted by atomic mass is 10.2. The molecule has 14 heavy (non-hydrogen) atoms. The van der Waals surface area contributed by atoms with Crippen LogP contribution in [0.15, 0.2) is 30.3 Å². The van der Waals surface area contributed by atoms with Crippen LogP contribution in [0.3, 0.4) is 0 Å². The molecule has 0 bridgehead atoms. The van der Waals surface area contributed by atoms with Gasteiger partial charge in [-0.15, -0.1) is 0 Å². The molecule has 0 radical (unpaired) electrons. The summed E-state index contributed by atoms with van der Waals surface area (Å²) in [4.78, 5) is 9.78. The predicted molar refractivity (Wildman–Crippen MR) is 56.9 cm³/mol. The van der Waals surface area contributed by atoms with Crippen molar-refractivity contribution in [3.63, 3.8) is 0 Å². The van der Waals surface area contributed by atoms with E-state index in [4.69, 9.17) is 8.85 Å². The number of aryl methyl sites for hydroxylation is 1. The van der Waals surface area contributed by atoms with Gasteiger partial charge in [-0.2, -0.15) is 0 Å². The van der Waals surface area contributed by atoms with Crippen LogP contribution in [0.5, 0.6) is 0 Å². The third-order valence-corrected chi connectivity index (χ3v) is 4.37. The first-order valence-electron chi connectivity index (χ1n) is 4.57. The van der Waals surface area contributed by atoms with Gasteiger partial charge in [-0.25, -0.2) is 0 Å². The Bertz CT molecular complexity index is 259. The van der Waals surface area contributed by atoms with Gasteiger partial charge in [0.05, 0.1) is 0 Å². The van der Waals surface area contributed by atoms with E-state index in [-0.39, 0.29) is 0 Å². The van der Waals surface area contributed by atoms with E-state index in [2.05, 4.69) is 0 Å². The predicted octanol–water partition coefficient (Wildman–Crippen LogP) is 1.45. The molecule has 0 atom stereocenters. The summed E-state index contributed by atoms with van der Waals surface area (Å²) in [5.41, 5.74) is 1.19. The summed E-state index contributed by atoms with van der Waals surface area (Å²) in [6.45, 7) is 0. The van der Waals surface area contributed by atoms with E-state index in [0.29, 0.717) is 6.04 Å². The fraction of sp³-hybridized carbons (Fsp3) is 0.400. The maximum absolute atomic E-state index is 9.78. The first-order valence-corrected chi connectivity index (χ1v) is 6.54. The van der Waals surface area contributed by atoms with Crippen LogP contribution in [-0.2, 0) is 15.3 Å². The fourth-order valence-electron chi connectivity index (χ4n) is 1.23. The molecule has 78 valence electrons. The summed E-state index contributed by atoms with van der Waals surface area (Å²) in [5.74, 6) is 0. The van der Waals surface area contributed by atoms with Crippen molar-refractivity contribution < 1.29 is 13.6 Å². The molecule has 4 heteroatoms. The molecule has 0 aliphatic rings. The van der Waals surface area contributed by atoms with Gasteiger partial charge in [0.25, 0.3) is 0 Å². The summed E-state index contributed by atoms with van der Waals surface area (Å²) in [7, 11) is 0.0935. The molecule has 0 aromatic heterocycles. The van der Waals surface area contributed by atoms with Gasteiger partial charge in [0.15, 0.2) is 0 Å². The molecule has 0 aliphatic carbocycles. The average Bonchev–Trinajstić information content (AvgIpc) is 2.27. The Morgan fingerprint density at radius 3 is 2.21 bits per heavy atom. The number of hydrogen-bond donors (Lipinski definition) is 1. The van der Waals surface area contributed by atoms with Crippen molar-refractivity contribution in [2.45, 2.75) is 12.5 Å². The quantitative estimate of drug-likeness (QED) is 0.751. The van der Waals surface area contributed by atoms with E-state index in [9.17, 15) is 4.80 Å². The minimum absolute atomic E-state index is 0.560. The Labute approximate surface area is 85.7 Å². The van der Waals surface area contributed by atoms with Crippen molar-refractivity contribution >= 4 is 8.80 Å². The second-order valence-corrected chi connectivity index (χ2v) is 5.85. The van der Waals surface area contributed by atoms with Crippen LogP contribution < -0.4 is 0 Å². The molecular formula is C10H16O3Si. The molecule has 0 amide bonds. The van der Waals surface area contributed by atoms with E-state index >= 15 is 0 Å². The van der Waals surface area contributed by atoms with Crippen molar-refractivity contribution in [1.29, 1.82) is 0 Å². The second kappa shape index (κ2) is 5.26. The third-order valence-electron chi connectivity index (χ3n) is 2.21. The standard InChI is InChI=1S/C10H16O3Si/c1-12-14(11,13-2)9-8-10-6-4-3-5-7-10/h3-7,11H,8-9H2,1-2H3. The normalized spacial score (nSPS) is 11.6. The lowest BCUT2D eigenvalue weighted by Crippen LogP contribution is -2.40. The fourth-order valence-corrected chi connectivity index (χ4v) is 2.41. The summed E-state index contributed by atoms with van der Waals surface area (Å²) < 4.78 is 9.96. The topological polar surface area (TPSA) is 38.7 Å². The highest BCUT2D eigenvalue weighted by molar-refractivity contribution is 6.59. The van der Waals surface area contributed by atoms with Gasteiger partial charge in [0.1, 0.15) is 0 Å². The van der Waals surface area contributed by atoms with Gasteiger partial charge in [0.2, 0.25) is 0 Å². The van der Waals surface area contributed by atoms with E-state index in [1.54, 1.807) is 0 Å². The van der Waals surface area contributed by atoms with Crippen LogP contribution in [0.4, 0.5) is 0 Å². The number of rotatable bonds is 5. The SMILES string of the molecule is CO[Si](O)(CCc1ccccc1)OC. The first-order chi connectivity index (χ1) is 6.70. The first kappa shape index (κ1) is 11.4. The second-order valence-electron chi connectivity index (χ2n) is 3.11. The van der Waals surface area contributed by atoms with E-state index in [1.165, 1.54) is 19.8 Å². The average molecular weight is 212 g/mol. The Morgan fingerprint density at radius 2 is 1.71 bits per heavy atom. The summed E-state index contributed by atoms with van der Waals surface area (Å²) in [5, 5.41) is 0. The maximum atomic E-state index is 9.78. The molecule has 0 heterocycles. The Kier molecular flexibility index (Phi) is 4.28. The van der Waals surface area contributed by atoms with Crippen LogP contribution in [0.25, 0.3) is 0 Å². The van der Waals surface area contributed by atoms with Crippen LogP contribution in [-0.4, -0.2) is 27.8 Å². The molecule has 1 rings (SSSR count). The molecule has 0 fully saturated rings. The molecule has 1 aromatic carbocycles. The minimum Gasteiger partial charge on any atom is -0.390 e. The highest BCUT2D eigenvalue weighted by Crippen LogP contribution is 2.12. The van der Waals surface area contributed by atoms with Crippen molar-refractivity contribution in [3.8, 4) is 0 Å². The molecular weight excluding hydrogens is 196 g/mol. The summed E-state index contributed by atoms with van der Waals surface area (Å²) in [6, 6.07) is 10.6. The van der Waals surface area contributed by atoms with Crippen LogP contribution in [0, 0.1) is 0 Å². The Hall–Kier alpha value is -0.683. The molecule has 1 N–H and O–H groups in total. The lowest BCUT2D eigenvalue weighted by molar-refractivity contribution is 0.151. The molecule has 0 aliphatic heterocycles. The highest BCUT2D eigenvalue weighted by atomic mass is 28.4. The maximum Gasteiger partial charge on any atom is 0.498 e. The monoisotopic (exact) mass is 212 g/mol. The molecule has 1 aromatic rings. The van der Waals surface area contributed by atoms with Gasteiger partial charge in [-0.1, -0.05) is 30.3 Å². The zero-order valence-corrected chi connectivity index (χ0v) is 9.56. The molecule has 0 saturated heterocycles. The van der Waals surface area contributed by atoms with Crippen LogP contribution >= 0.6 is 0 Å². The summed E-state index contributed by atoms with van der Waals surface area (Å²) in [6.07, 6.45) is 0.783. The number of benzene rings is 1. The van der Waals surface area contributed by atoms with Gasteiger partial charge < -0.3 is 13.6 Å². The zero-order chi connectivity index (χ0) is 10.4. The van der Waals surface area contributed by atoms with E-state index in [1.807, 2.05) is 30.3 Å². The van der Waals surface area contributed by atoms with Crippen molar-refractivity contribution in [1.82, 2.24) is 0 Å². The lowest BCUT2D eigenvalue weighted by Gasteiger charge is -2.19. The largest absolute Gasteiger partial charge is 0.498 e. The van der Waals surface area contributed by atoms with E-state index in [0.717, 1.165) is 6.42 Å². The summed E-state index contributed by atoms with van der Waals surface area (Å²) >= 11 is 0. The minimum atomic E-state index is -2.88. The Morgan fingerprint density at radius 1 is 1.14 bits per heavy atom. The van der Waals surface area contributed by atoms with E-state index < -0.39 is 8.80 Å². The number of hydrogen-bond acceptors (Lipinski definition) is 3. The van der Waals surface area contributed by atoms with Crippen LogP contribution in [0.2, 0.25) is 6.04 Å².